The van der Waals surface area contributed by atoms with Gasteiger partial charge in [0, 0.05) is 6.92 Å². The molecule has 2 fully saturated rings. The molecule has 0 spiro atoms. The predicted octanol–water partition coefficient (Wildman–Crippen LogP) is 5.77. The van der Waals surface area contributed by atoms with Gasteiger partial charge in [-0.1, -0.05) is 51.1 Å². The molecule has 0 saturated heterocycles. The molecule has 2 aliphatic rings. The first-order chi connectivity index (χ1) is 12.8. The Morgan fingerprint density at radius 3 is 2.59 bits per heavy atom. The predicted molar refractivity (Wildman–Crippen MR) is 108 cm³/mol. The Morgan fingerprint density at radius 1 is 1.15 bits per heavy atom. The summed E-state index contributed by atoms with van der Waals surface area (Å²) in [5.41, 5.74) is 1.94. The maximum atomic E-state index is 11.0. The van der Waals surface area contributed by atoms with Crippen molar-refractivity contribution in [2.24, 2.45) is 22.7 Å². The van der Waals surface area contributed by atoms with E-state index in [0.29, 0.717) is 42.0 Å². The summed E-state index contributed by atoms with van der Waals surface area (Å²) in [5.74, 6) is 1.08. The highest BCUT2D eigenvalue weighted by molar-refractivity contribution is 5.65. The van der Waals surface area contributed by atoms with E-state index < -0.39 is 0 Å². The van der Waals surface area contributed by atoms with Gasteiger partial charge in [0.1, 0.15) is 0 Å². The molecule has 3 heteroatoms. The summed E-state index contributed by atoms with van der Waals surface area (Å²) < 4.78 is 11.6. The van der Waals surface area contributed by atoms with Gasteiger partial charge in [-0.05, 0) is 66.8 Å². The summed E-state index contributed by atoms with van der Waals surface area (Å²) in [6.45, 7) is 10.2. The highest BCUT2D eigenvalue weighted by Gasteiger charge is 2.55. The van der Waals surface area contributed by atoms with Crippen LogP contribution in [0, 0.1) is 22.7 Å². The van der Waals surface area contributed by atoms with E-state index in [1.54, 1.807) is 0 Å². The van der Waals surface area contributed by atoms with Gasteiger partial charge in [-0.15, -0.1) is 0 Å². The van der Waals surface area contributed by atoms with E-state index in [4.69, 9.17) is 9.47 Å². The summed E-state index contributed by atoms with van der Waals surface area (Å²) in [7, 11) is 0. The average Bonchev–Trinajstić information content (AvgIpc) is 2.64. The summed E-state index contributed by atoms with van der Waals surface area (Å²) in [6.07, 6.45) is 7.48. The van der Waals surface area contributed by atoms with Crippen LogP contribution in [0.25, 0.3) is 0 Å². The van der Waals surface area contributed by atoms with Crippen molar-refractivity contribution in [1.29, 1.82) is 0 Å². The van der Waals surface area contributed by atoms with E-state index in [1.807, 2.05) is 0 Å². The Hall–Kier alpha value is -1.35. The summed E-state index contributed by atoms with van der Waals surface area (Å²) >= 11 is 0. The molecule has 0 N–H and O–H groups in total. The zero-order valence-corrected chi connectivity index (χ0v) is 17.5. The van der Waals surface area contributed by atoms with E-state index in [2.05, 4.69) is 51.1 Å². The first-order valence-corrected chi connectivity index (χ1v) is 10.6. The quantitative estimate of drug-likeness (QED) is 0.595. The number of hydrogen-bond acceptors (Lipinski definition) is 3. The molecule has 2 aliphatic carbocycles. The van der Waals surface area contributed by atoms with Gasteiger partial charge < -0.3 is 9.47 Å². The van der Waals surface area contributed by atoms with Gasteiger partial charge in [0.25, 0.3) is 0 Å². The van der Waals surface area contributed by atoms with E-state index in [9.17, 15) is 4.79 Å². The third-order valence-corrected chi connectivity index (χ3v) is 7.87. The standard InChI is InChI=1S/C24H36O3/c1-18-22(27-17-21-8-6-5-7-9-21)11-13-23(3)16-20(10-14-24(18,23)4)12-15-26-19(2)25/h5-9,18,20,22H,10-17H2,1-4H3/t18-,20+,22+,23-,24+/m1/s1. The normalized spacial score (nSPS) is 36.1. The van der Waals surface area contributed by atoms with E-state index in [0.717, 1.165) is 12.8 Å². The van der Waals surface area contributed by atoms with Crippen molar-refractivity contribution < 1.29 is 14.3 Å². The second-order valence-electron chi connectivity index (χ2n) is 9.38. The monoisotopic (exact) mass is 372 g/mol. The average molecular weight is 373 g/mol. The molecular formula is C24H36O3. The molecule has 0 heterocycles. The molecule has 0 aliphatic heterocycles. The summed E-state index contributed by atoms with van der Waals surface area (Å²) in [6, 6.07) is 10.5. The first kappa shape index (κ1) is 20.4. The fraction of sp³-hybridized carbons (Fsp3) is 0.708. The Kier molecular flexibility index (Phi) is 6.30. The number of carbonyl (C=O) groups is 1. The van der Waals surface area contributed by atoms with Gasteiger partial charge >= 0.3 is 5.97 Å². The van der Waals surface area contributed by atoms with Crippen molar-refractivity contribution in [2.45, 2.75) is 78.9 Å². The van der Waals surface area contributed by atoms with Crippen molar-refractivity contribution in [1.82, 2.24) is 0 Å². The molecule has 27 heavy (non-hydrogen) atoms. The van der Waals surface area contributed by atoms with Gasteiger partial charge in [-0.3, -0.25) is 4.79 Å². The molecule has 150 valence electrons. The lowest BCUT2D eigenvalue weighted by Gasteiger charge is -2.60. The topological polar surface area (TPSA) is 35.5 Å². The van der Waals surface area contributed by atoms with E-state index in [-0.39, 0.29) is 5.97 Å². The first-order valence-electron chi connectivity index (χ1n) is 10.6. The van der Waals surface area contributed by atoms with E-state index in [1.165, 1.54) is 38.2 Å². The minimum Gasteiger partial charge on any atom is -0.466 e. The van der Waals surface area contributed by atoms with Crippen LogP contribution < -0.4 is 0 Å². The highest BCUT2D eigenvalue weighted by atomic mass is 16.5. The van der Waals surface area contributed by atoms with Crippen LogP contribution in [0.5, 0.6) is 0 Å². The second kappa shape index (κ2) is 8.34. The maximum absolute atomic E-state index is 11.0. The number of fused-ring (bicyclic) bond motifs is 1. The molecule has 0 bridgehead atoms. The lowest BCUT2D eigenvalue weighted by molar-refractivity contribution is -0.157. The Bertz CT molecular complexity index is 628. The smallest absolute Gasteiger partial charge is 0.302 e. The molecule has 1 aromatic carbocycles. The minimum atomic E-state index is -0.161. The second-order valence-corrected chi connectivity index (χ2v) is 9.38. The van der Waals surface area contributed by atoms with Crippen LogP contribution in [0.4, 0.5) is 0 Å². The molecule has 1 aromatic rings. The van der Waals surface area contributed by atoms with Gasteiger partial charge in [0.05, 0.1) is 19.3 Å². The lowest BCUT2D eigenvalue weighted by Crippen LogP contribution is -2.54. The molecule has 5 atom stereocenters. The number of ether oxygens (including phenoxy) is 2. The maximum Gasteiger partial charge on any atom is 0.302 e. The molecular weight excluding hydrogens is 336 g/mol. The highest BCUT2D eigenvalue weighted by Crippen LogP contribution is 2.62. The Labute approximate surface area is 164 Å². The molecule has 0 unspecified atom stereocenters. The molecule has 3 rings (SSSR count). The third-order valence-electron chi connectivity index (χ3n) is 7.87. The zero-order valence-electron chi connectivity index (χ0n) is 17.5. The lowest BCUT2D eigenvalue weighted by atomic mass is 9.46. The van der Waals surface area contributed by atoms with Gasteiger partial charge in [0.15, 0.2) is 0 Å². The van der Waals surface area contributed by atoms with Crippen LogP contribution in [0.1, 0.15) is 71.8 Å². The van der Waals surface area contributed by atoms with Crippen LogP contribution in [-0.2, 0) is 20.9 Å². The number of carbonyl (C=O) groups excluding carboxylic acids is 1. The van der Waals surface area contributed by atoms with E-state index >= 15 is 0 Å². The van der Waals surface area contributed by atoms with Gasteiger partial charge in [0.2, 0.25) is 0 Å². The van der Waals surface area contributed by atoms with Crippen molar-refractivity contribution >= 4 is 5.97 Å². The Balaban J connectivity index is 1.59. The van der Waals surface area contributed by atoms with Crippen LogP contribution >= 0.6 is 0 Å². The number of benzene rings is 1. The number of hydrogen-bond donors (Lipinski definition) is 0. The molecule has 0 aromatic heterocycles. The molecule has 0 radical (unpaired) electrons. The van der Waals surface area contributed by atoms with Crippen molar-refractivity contribution in [3.8, 4) is 0 Å². The van der Waals surface area contributed by atoms with Crippen LogP contribution in [0.3, 0.4) is 0 Å². The van der Waals surface area contributed by atoms with Crippen LogP contribution in [-0.4, -0.2) is 18.7 Å². The van der Waals surface area contributed by atoms with Crippen molar-refractivity contribution in [3.05, 3.63) is 35.9 Å². The summed E-state index contributed by atoms with van der Waals surface area (Å²) in [5, 5.41) is 0. The number of esters is 1. The van der Waals surface area contributed by atoms with Crippen molar-refractivity contribution in [2.75, 3.05) is 6.61 Å². The molecule has 3 nitrogen and oxygen atoms in total. The zero-order chi connectivity index (χ0) is 19.5. The van der Waals surface area contributed by atoms with Crippen LogP contribution in [0.2, 0.25) is 0 Å². The fourth-order valence-electron chi connectivity index (χ4n) is 5.69. The van der Waals surface area contributed by atoms with Gasteiger partial charge in [-0.2, -0.15) is 0 Å². The molecule has 2 saturated carbocycles. The van der Waals surface area contributed by atoms with Crippen molar-refractivity contribution in [3.63, 3.8) is 0 Å². The Morgan fingerprint density at radius 2 is 1.89 bits per heavy atom. The van der Waals surface area contributed by atoms with Gasteiger partial charge in [-0.25, -0.2) is 0 Å². The SMILES string of the molecule is CC(=O)OCC[C@@H]1CC[C@@]2(C)[C@H](C)[C@@H](OCc3ccccc3)CC[C@]2(C)C1. The minimum absolute atomic E-state index is 0.161. The summed E-state index contributed by atoms with van der Waals surface area (Å²) in [4.78, 5) is 11.0. The van der Waals surface area contributed by atoms with Crippen LogP contribution in [0.15, 0.2) is 30.3 Å². The fourth-order valence-corrected chi connectivity index (χ4v) is 5.69. The number of rotatable bonds is 6. The third kappa shape index (κ3) is 4.39. The largest absolute Gasteiger partial charge is 0.466 e. The molecule has 0 amide bonds.